The van der Waals surface area contributed by atoms with Crippen molar-refractivity contribution in [3.8, 4) is 0 Å². The molecular weight excluding hydrogens is 220 g/mol. The number of hydrogen-bond acceptors (Lipinski definition) is 1. The number of benzene rings is 1. The van der Waals surface area contributed by atoms with Crippen LogP contribution < -0.4 is 0 Å². The molecule has 0 saturated carbocycles. The standard InChI is InChI=1S/C16H22N2/c1-12-4-5-14-15(11-18(3)16(14)10-12)13-6-8-17(2)9-7-13/h4-5,10-11,13H,6-9H2,1-3H3. The minimum atomic E-state index is 0.743. The Morgan fingerprint density at radius 1 is 1.11 bits per heavy atom. The Morgan fingerprint density at radius 2 is 1.83 bits per heavy atom. The maximum absolute atomic E-state index is 2.44. The molecule has 1 aromatic heterocycles. The van der Waals surface area contributed by atoms with Gasteiger partial charge in [0.25, 0.3) is 0 Å². The van der Waals surface area contributed by atoms with E-state index in [1.54, 1.807) is 5.56 Å². The third-order valence-electron chi connectivity index (χ3n) is 4.34. The van der Waals surface area contributed by atoms with Gasteiger partial charge in [-0.05, 0) is 63.0 Å². The Morgan fingerprint density at radius 3 is 2.56 bits per heavy atom. The SMILES string of the molecule is Cc1ccc2c(C3CCN(C)CC3)cn(C)c2c1. The van der Waals surface area contributed by atoms with Crippen LogP contribution >= 0.6 is 0 Å². The summed E-state index contributed by atoms with van der Waals surface area (Å²) in [5.74, 6) is 0.743. The summed E-state index contributed by atoms with van der Waals surface area (Å²) in [6.45, 7) is 4.63. The monoisotopic (exact) mass is 242 g/mol. The molecule has 2 heterocycles. The molecule has 0 spiro atoms. The van der Waals surface area contributed by atoms with Crippen LogP contribution in [0.3, 0.4) is 0 Å². The van der Waals surface area contributed by atoms with Crippen LogP contribution in [-0.2, 0) is 7.05 Å². The first-order valence-corrected chi connectivity index (χ1v) is 6.89. The first-order valence-electron chi connectivity index (χ1n) is 6.89. The van der Waals surface area contributed by atoms with E-state index in [2.05, 4.69) is 54.9 Å². The fourth-order valence-corrected chi connectivity index (χ4v) is 3.17. The Bertz CT molecular complexity index is 560. The molecule has 1 fully saturated rings. The quantitative estimate of drug-likeness (QED) is 0.745. The van der Waals surface area contributed by atoms with Crippen LogP contribution in [0.25, 0.3) is 10.9 Å². The van der Waals surface area contributed by atoms with Crippen molar-refractivity contribution < 1.29 is 0 Å². The fourth-order valence-electron chi connectivity index (χ4n) is 3.17. The number of aryl methyl sites for hydroxylation is 2. The van der Waals surface area contributed by atoms with E-state index in [1.165, 1.54) is 42.4 Å². The predicted molar refractivity (Wildman–Crippen MR) is 77.1 cm³/mol. The highest BCUT2D eigenvalue weighted by Gasteiger charge is 2.21. The largest absolute Gasteiger partial charge is 0.350 e. The molecule has 0 N–H and O–H groups in total. The van der Waals surface area contributed by atoms with E-state index in [4.69, 9.17) is 0 Å². The van der Waals surface area contributed by atoms with Gasteiger partial charge in [0, 0.05) is 24.1 Å². The van der Waals surface area contributed by atoms with E-state index < -0.39 is 0 Å². The Balaban J connectivity index is 2.02. The van der Waals surface area contributed by atoms with Crippen molar-refractivity contribution in [2.24, 2.45) is 7.05 Å². The molecule has 1 aliphatic heterocycles. The lowest BCUT2D eigenvalue weighted by atomic mass is 9.89. The second-order valence-electron chi connectivity index (χ2n) is 5.79. The minimum Gasteiger partial charge on any atom is -0.350 e. The van der Waals surface area contributed by atoms with Gasteiger partial charge in [-0.2, -0.15) is 0 Å². The van der Waals surface area contributed by atoms with Gasteiger partial charge in [-0.15, -0.1) is 0 Å². The van der Waals surface area contributed by atoms with Gasteiger partial charge in [-0.1, -0.05) is 12.1 Å². The van der Waals surface area contributed by atoms with E-state index in [0.717, 1.165) is 5.92 Å². The second-order valence-corrected chi connectivity index (χ2v) is 5.79. The smallest absolute Gasteiger partial charge is 0.0483 e. The lowest BCUT2D eigenvalue weighted by Crippen LogP contribution is -2.29. The summed E-state index contributed by atoms with van der Waals surface area (Å²) in [5.41, 5.74) is 4.28. The van der Waals surface area contributed by atoms with Gasteiger partial charge in [-0.3, -0.25) is 0 Å². The summed E-state index contributed by atoms with van der Waals surface area (Å²) in [6.07, 6.45) is 4.94. The van der Waals surface area contributed by atoms with Crippen molar-refractivity contribution in [1.29, 1.82) is 0 Å². The third kappa shape index (κ3) is 1.95. The van der Waals surface area contributed by atoms with Crippen LogP contribution in [0, 0.1) is 6.92 Å². The van der Waals surface area contributed by atoms with Gasteiger partial charge in [0.1, 0.15) is 0 Å². The van der Waals surface area contributed by atoms with Crippen molar-refractivity contribution in [2.45, 2.75) is 25.7 Å². The maximum Gasteiger partial charge on any atom is 0.0483 e. The molecule has 1 aromatic carbocycles. The Hall–Kier alpha value is -1.28. The number of fused-ring (bicyclic) bond motifs is 1. The number of hydrogen-bond donors (Lipinski definition) is 0. The minimum absolute atomic E-state index is 0.743. The first-order chi connectivity index (χ1) is 8.65. The van der Waals surface area contributed by atoms with E-state index in [0.29, 0.717) is 0 Å². The van der Waals surface area contributed by atoms with Gasteiger partial charge >= 0.3 is 0 Å². The van der Waals surface area contributed by atoms with Crippen molar-refractivity contribution in [2.75, 3.05) is 20.1 Å². The number of likely N-dealkylation sites (tertiary alicyclic amines) is 1. The number of nitrogens with zero attached hydrogens (tertiary/aromatic N) is 2. The van der Waals surface area contributed by atoms with E-state index in [-0.39, 0.29) is 0 Å². The van der Waals surface area contributed by atoms with Gasteiger partial charge < -0.3 is 9.47 Å². The van der Waals surface area contributed by atoms with Crippen LogP contribution in [0.15, 0.2) is 24.4 Å². The summed E-state index contributed by atoms with van der Waals surface area (Å²) in [7, 11) is 4.39. The van der Waals surface area contributed by atoms with Crippen molar-refractivity contribution >= 4 is 10.9 Å². The molecular formula is C16H22N2. The molecule has 3 rings (SSSR count). The molecule has 0 unspecified atom stereocenters. The van der Waals surface area contributed by atoms with E-state index in [9.17, 15) is 0 Å². The van der Waals surface area contributed by atoms with Crippen LogP contribution in [0.5, 0.6) is 0 Å². The predicted octanol–water partition coefficient (Wildman–Crippen LogP) is 3.30. The topological polar surface area (TPSA) is 8.17 Å². The number of aromatic nitrogens is 1. The summed E-state index contributed by atoms with van der Waals surface area (Å²) in [6, 6.07) is 6.84. The molecule has 2 aromatic rings. The highest BCUT2D eigenvalue weighted by atomic mass is 15.1. The van der Waals surface area contributed by atoms with Crippen LogP contribution in [0.1, 0.15) is 29.9 Å². The van der Waals surface area contributed by atoms with Gasteiger partial charge in [0.2, 0.25) is 0 Å². The third-order valence-corrected chi connectivity index (χ3v) is 4.34. The average Bonchev–Trinajstić information content (AvgIpc) is 2.68. The molecule has 0 radical (unpaired) electrons. The molecule has 0 amide bonds. The lowest BCUT2D eigenvalue weighted by Gasteiger charge is -2.28. The zero-order valence-corrected chi connectivity index (χ0v) is 11.6. The van der Waals surface area contributed by atoms with Crippen molar-refractivity contribution in [3.05, 3.63) is 35.5 Å². The lowest BCUT2D eigenvalue weighted by molar-refractivity contribution is 0.256. The van der Waals surface area contributed by atoms with Gasteiger partial charge in [-0.25, -0.2) is 0 Å². The highest BCUT2D eigenvalue weighted by molar-refractivity contribution is 5.85. The fraction of sp³-hybridized carbons (Fsp3) is 0.500. The zero-order chi connectivity index (χ0) is 12.7. The maximum atomic E-state index is 2.44. The summed E-state index contributed by atoms with van der Waals surface area (Å²) < 4.78 is 2.29. The summed E-state index contributed by atoms with van der Waals surface area (Å²) >= 11 is 0. The molecule has 0 aliphatic carbocycles. The summed E-state index contributed by atoms with van der Waals surface area (Å²) in [4.78, 5) is 2.44. The molecule has 2 nitrogen and oxygen atoms in total. The molecule has 0 bridgehead atoms. The van der Waals surface area contributed by atoms with Crippen molar-refractivity contribution in [1.82, 2.24) is 9.47 Å². The van der Waals surface area contributed by atoms with Gasteiger partial charge in [0.05, 0.1) is 0 Å². The van der Waals surface area contributed by atoms with Crippen LogP contribution in [0.4, 0.5) is 0 Å². The molecule has 1 aliphatic rings. The average molecular weight is 242 g/mol. The second kappa shape index (κ2) is 4.43. The Kier molecular flexibility index (Phi) is 2.90. The zero-order valence-electron chi connectivity index (χ0n) is 11.6. The molecule has 96 valence electrons. The first kappa shape index (κ1) is 11.8. The Labute approximate surface area is 109 Å². The molecule has 2 heteroatoms. The van der Waals surface area contributed by atoms with Crippen molar-refractivity contribution in [3.63, 3.8) is 0 Å². The van der Waals surface area contributed by atoms with E-state index >= 15 is 0 Å². The van der Waals surface area contributed by atoms with Crippen LogP contribution in [0.2, 0.25) is 0 Å². The molecule has 0 atom stereocenters. The normalized spacial score (nSPS) is 18.6. The van der Waals surface area contributed by atoms with E-state index in [1.807, 2.05) is 0 Å². The van der Waals surface area contributed by atoms with Crippen LogP contribution in [-0.4, -0.2) is 29.6 Å². The highest BCUT2D eigenvalue weighted by Crippen LogP contribution is 2.34. The molecule has 18 heavy (non-hydrogen) atoms. The number of rotatable bonds is 1. The van der Waals surface area contributed by atoms with Gasteiger partial charge in [0.15, 0.2) is 0 Å². The summed E-state index contributed by atoms with van der Waals surface area (Å²) in [5, 5.41) is 1.46. The number of piperidine rings is 1. The molecule has 1 saturated heterocycles.